The number of alkyl halides is 1. The smallest absolute Gasteiger partial charge is 0.316 e. The van der Waals surface area contributed by atoms with Crippen LogP contribution in [-0.4, -0.2) is 16.3 Å². The molecule has 3 nitrogen and oxygen atoms in total. The molecule has 0 spiro atoms. The van der Waals surface area contributed by atoms with Crippen molar-refractivity contribution >= 4 is 32.8 Å². The summed E-state index contributed by atoms with van der Waals surface area (Å²) in [7, 11) is 0. The average molecular weight is 324 g/mol. The molecule has 0 aliphatic rings. The molecule has 1 aromatic carbocycles. The number of benzene rings is 1. The predicted octanol–water partition coefficient (Wildman–Crippen LogP) is 4.06. The molecule has 4 heteroatoms. The Balaban J connectivity index is 2.41. The maximum atomic E-state index is 12.0. The molecule has 0 saturated carbocycles. The van der Waals surface area contributed by atoms with E-state index in [-0.39, 0.29) is 5.97 Å². The number of rotatable bonds is 3. The van der Waals surface area contributed by atoms with Gasteiger partial charge in [0.25, 0.3) is 0 Å². The van der Waals surface area contributed by atoms with E-state index in [4.69, 9.17) is 4.74 Å². The fourth-order valence-corrected chi connectivity index (χ4v) is 2.30. The molecular formula is C15H18BrNO2. The number of halogens is 1. The molecule has 0 saturated heterocycles. The van der Waals surface area contributed by atoms with Gasteiger partial charge in [-0.15, -0.1) is 0 Å². The van der Waals surface area contributed by atoms with Gasteiger partial charge >= 0.3 is 5.97 Å². The van der Waals surface area contributed by atoms with Crippen LogP contribution in [0.15, 0.2) is 24.4 Å². The van der Waals surface area contributed by atoms with E-state index in [1.165, 1.54) is 5.56 Å². The molecule has 2 rings (SSSR count). The fraction of sp³-hybridized carbons (Fsp3) is 0.400. The summed E-state index contributed by atoms with van der Waals surface area (Å²) < 4.78 is 5.53. The molecule has 2 aromatic rings. The van der Waals surface area contributed by atoms with E-state index in [1.807, 2.05) is 32.9 Å². The maximum Gasteiger partial charge on any atom is 0.316 e. The molecule has 0 radical (unpaired) electrons. The van der Waals surface area contributed by atoms with Gasteiger partial charge in [-0.2, -0.15) is 0 Å². The van der Waals surface area contributed by atoms with Gasteiger partial charge in [0.1, 0.15) is 0 Å². The van der Waals surface area contributed by atoms with Gasteiger partial charge < -0.3 is 9.72 Å². The Hall–Kier alpha value is -1.29. The van der Waals surface area contributed by atoms with E-state index >= 15 is 0 Å². The molecular weight excluding hydrogens is 306 g/mol. The number of ether oxygens (including phenoxy) is 1. The summed E-state index contributed by atoms with van der Waals surface area (Å²) in [6, 6.07) is 6.06. The van der Waals surface area contributed by atoms with Crippen LogP contribution >= 0.6 is 15.9 Å². The summed E-state index contributed by atoms with van der Waals surface area (Å²) in [6.45, 7) is 5.55. The quantitative estimate of drug-likeness (QED) is 0.683. The van der Waals surface area contributed by atoms with E-state index in [2.05, 4.69) is 27.0 Å². The van der Waals surface area contributed by atoms with Crippen LogP contribution in [0.5, 0.6) is 5.75 Å². The van der Waals surface area contributed by atoms with Gasteiger partial charge in [0.15, 0.2) is 5.75 Å². The summed E-state index contributed by atoms with van der Waals surface area (Å²) >= 11 is 3.45. The van der Waals surface area contributed by atoms with Crippen LogP contribution in [0.3, 0.4) is 0 Å². The standard InChI is InChI=1S/C15H18BrNO2/c1-15(2,3)14(18)19-12-9-17-11-6-4-5-10(7-8-16)13(11)12/h4-6,9,17H,7-8H2,1-3H3. The molecule has 0 aliphatic heterocycles. The highest BCUT2D eigenvalue weighted by molar-refractivity contribution is 9.09. The lowest BCUT2D eigenvalue weighted by Gasteiger charge is -2.16. The summed E-state index contributed by atoms with van der Waals surface area (Å²) in [6.07, 6.45) is 2.65. The second-order valence-electron chi connectivity index (χ2n) is 5.57. The summed E-state index contributed by atoms with van der Waals surface area (Å²) in [4.78, 5) is 15.2. The Morgan fingerprint density at radius 1 is 1.37 bits per heavy atom. The topological polar surface area (TPSA) is 42.1 Å². The van der Waals surface area contributed by atoms with Crippen molar-refractivity contribution < 1.29 is 9.53 Å². The minimum atomic E-state index is -0.506. The number of nitrogens with one attached hydrogen (secondary N) is 1. The number of aryl methyl sites for hydroxylation is 1. The first kappa shape index (κ1) is 14.1. The molecule has 1 heterocycles. The van der Waals surface area contributed by atoms with Crippen LogP contribution in [0.2, 0.25) is 0 Å². The number of hydrogen-bond acceptors (Lipinski definition) is 2. The first-order valence-electron chi connectivity index (χ1n) is 6.30. The zero-order valence-electron chi connectivity index (χ0n) is 11.4. The second kappa shape index (κ2) is 5.37. The largest absolute Gasteiger partial charge is 0.424 e. The highest BCUT2D eigenvalue weighted by atomic mass is 79.9. The van der Waals surface area contributed by atoms with Crippen molar-refractivity contribution in [1.29, 1.82) is 0 Å². The molecule has 0 aliphatic carbocycles. The predicted molar refractivity (Wildman–Crippen MR) is 80.9 cm³/mol. The number of fused-ring (bicyclic) bond motifs is 1. The minimum Gasteiger partial charge on any atom is -0.424 e. The summed E-state index contributed by atoms with van der Waals surface area (Å²) in [5, 5.41) is 1.88. The van der Waals surface area contributed by atoms with Gasteiger partial charge in [-0.1, -0.05) is 28.1 Å². The summed E-state index contributed by atoms with van der Waals surface area (Å²) in [5.41, 5.74) is 1.66. The Morgan fingerprint density at radius 2 is 2.11 bits per heavy atom. The van der Waals surface area contributed by atoms with Crippen molar-refractivity contribution in [1.82, 2.24) is 4.98 Å². The monoisotopic (exact) mass is 323 g/mol. The number of hydrogen-bond donors (Lipinski definition) is 1. The molecule has 0 amide bonds. The number of esters is 1. The molecule has 0 bridgehead atoms. The third-order valence-electron chi connectivity index (χ3n) is 2.93. The van der Waals surface area contributed by atoms with Gasteiger partial charge in [-0.05, 0) is 38.8 Å². The van der Waals surface area contributed by atoms with Gasteiger partial charge in [0, 0.05) is 22.4 Å². The number of aromatic amines is 1. The van der Waals surface area contributed by atoms with E-state index in [0.29, 0.717) is 5.75 Å². The highest BCUT2D eigenvalue weighted by Gasteiger charge is 2.25. The first-order valence-corrected chi connectivity index (χ1v) is 7.43. The van der Waals surface area contributed by atoms with Crippen molar-refractivity contribution in [2.45, 2.75) is 27.2 Å². The zero-order chi connectivity index (χ0) is 14.0. The van der Waals surface area contributed by atoms with Gasteiger partial charge in [-0.25, -0.2) is 0 Å². The number of H-pyrrole nitrogens is 1. The van der Waals surface area contributed by atoms with Crippen LogP contribution in [0.1, 0.15) is 26.3 Å². The Kier molecular flexibility index (Phi) is 3.99. The van der Waals surface area contributed by atoms with Crippen LogP contribution < -0.4 is 4.74 Å². The van der Waals surface area contributed by atoms with Gasteiger partial charge in [0.05, 0.1) is 5.41 Å². The third-order valence-corrected chi connectivity index (χ3v) is 3.33. The molecule has 19 heavy (non-hydrogen) atoms. The van der Waals surface area contributed by atoms with Crippen molar-refractivity contribution in [3.63, 3.8) is 0 Å². The third kappa shape index (κ3) is 3.00. The molecule has 0 atom stereocenters. The SMILES string of the molecule is CC(C)(C)C(=O)Oc1c[nH]c2cccc(CCBr)c12. The van der Waals surface area contributed by atoms with E-state index in [0.717, 1.165) is 22.7 Å². The molecule has 0 unspecified atom stereocenters. The van der Waals surface area contributed by atoms with Crippen LogP contribution in [0.25, 0.3) is 10.9 Å². The van der Waals surface area contributed by atoms with Crippen molar-refractivity contribution in [3.05, 3.63) is 30.0 Å². The van der Waals surface area contributed by atoms with Gasteiger partial charge in [0.2, 0.25) is 0 Å². The minimum absolute atomic E-state index is 0.220. The summed E-state index contributed by atoms with van der Waals surface area (Å²) in [5.74, 6) is 0.397. The number of carbonyl (C=O) groups excluding carboxylic acids is 1. The zero-order valence-corrected chi connectivity index (χ0v) is 13.0. The maximum absolute atomic E-state index is 12.0. The van der Waals surface area contributed by atoms with Gasteiger partial charge in [-0.3, -0.25) is 4.79 Å². The molecule has 1 aromatic heterocycles. The number of carbonyl (C=O) groups is 1. The van der Waals surface area contributed by atoms with E-state index < -0.39 is 5.41 Å². The number of aromatic nitrogens is 1. The van der Waals surface area contributed by atoms with E-state index in [9.17, 15) is 4.79 Å². The second-order valence-corrected chi connectivity index (χ2v) is 6.36. The van der Waals surface area contributed by atoms with Crippen LogP contribution in [0.4, 0.5) is 0 Å². The Morgan fingerprint density at radius 3 is 2.74 bits per heavy atom. The Bertz CT molecular complexity index is 596. The highest BCUT2D eigenvalue weighted by Crippen LogP contribution is 2.31. The first-order chi connectivity index (χ1) is 8.93. The molecule has 0 fully saturated rings. The van der Waals surface area contributed by atoms with Crippen LogP contribution in [-0.2, 0) is 11.2 Å². The lowest BCUT2D eigenvalue weighted by atomic mass is 9.97. The van der Waals surface area contributed by atoms with Crippen LogP contribution in [0, 0.1) is 5.41 Å². The van der Waals surface area contributed by atoms with E-state index in [1.54, 1.807) is 6.20 Å². The van der Waals surface area contributed by atoms with Crippen molar-refractivity contribution in [3.8, 4) is 5.75 Å². The Labute approximate surface area is 121 Å². The van der Waals surface area contributed by atoms with Crippen molar-refractivity contribution in [2.75, 3.05) is 5.33 Å². The molecule has 102 valence electrons. The lowest BCUT2D eigenvalue weighted by Crippen LogP contribution is -2.25. The average Bonchev–Trinajstić information content (AvgIpc) is 2.73. The van der Waals surface area contributed by atoms with Crippen molar-refractivity contribution in [2.24, 2.45) is 5.41 Å². The molecule has 1 N–H and O–H groups in total. The fourth-order valence-electron chi connectivity index (χ4n) is 1.87. The lowest BCUT2D eigenvalue weighted by molar-refractivity contribution is -0.142. The normalized spacial score (nSPS) is 11.8.